The third-order valence-corrected chi connectivity index (χ3v) is 4.36. The molecule has 0 bridgehead atoms. The molecule has 1 unspecified atom stereocenters. The van der Waals surface area contributed by atoms with E-state index in [1.165, 1.54) is 4.90 Å². The molecular weight excluding hydrogens is 282 g/mol. The first-order valence-corrected chi connectivity index (χ1v) is 7.51. The molecule has 1 atom stereocenters. The lowest BCUT2D eigenvalue weighted by Crippen LogP contribution is -2.53. The van der Waals surface area contributed by atoms with Crippen molar-refractivity contribution in [2.45, 2.75) is 19.4 Å². The van der Waals surface area contributed by atoms with Crippen molar-refractivity contribution in [1.29, 1.82) is 0 Å². The minimum atomic E-state index is -0.478. The van der Waals surface area contributed by atoms with Gasteiger partial charge in [-0.2, -0.15) is 0 Å². The highest BCUT2D eigenvalue weighted by Crippen LogP contribution is 2.32. The largest absolute Gasteiger partial charge is 0.342 e. The zero-order valence-electron chi connectivity index (χ0n) is 12.6. The number of para-hydroxylation sites is 1. The van der Waals surface area contributed by atoms with Crippen molar-refractivity contribution in [1.82, 2.24) is 9.80 Å². The van der Waals surface area contributed by atoms with Gasteiger partial charge in [-0.3, -0.25) is 14.4 Å². The number of hydrogen-bond donors (Lipinski definition) is 0. The van der Waals surface area contributed by atoms with Crippen LogP contribution in [0.1, 0.15) is 12.5 Å². The topological polar surface area (TPSA) is 60.9 Å². The molecule has 116 valence electrons. The van der Waals surface area contributed by atoms with E-state index in [9.17, 15) is 14.4 Å². The first-order chi connectivity index (χ1) is 10.6. The average Bonchev–Trinajstić information content (AvgIpc) is 2.89. The lowest BCUT2D eigenvalue weighted by atomic mass is 10.1. The van der Waals surface area contributed by atoms with E-state index in [4.69, 9.17) is 0 Å². The SMILES string of the molecule is CC1Cc2ccccc2N1C(=O)C(=O)N1CCN(C=O)CC1. The Labute approximate surface area is 129 Å². The van der Waals surface area contributed by atoms with Crippen LogP contribution in [-0.2, 0) is 20.8 Å². The summed E-state index contributed by atoms with van der Waals surface area (Å²) in [6.45, 7) is 3.74. The van der Waals surface area contributed by atoms with Crippen LogP contribution >= 0.6 is 0 Å². The average molecular weight is 301 g/mol. The number of anilines is 1. The monoisotopic (exact) mass is 301 g/mol. The molecule has 22 heavy (non-hydrogen) atoms. The summed E-state index contributed by atoms with van der Waals surface area (Å²) in [5, 5.41) is 0. The summed E-state index contributed by atoms with van der Waals surface area (Å²) in [5.74, 6) is -0.953. The second-order valence-corrected chi connectivity index (χ2v) is 5.79. The van der Waals surface area contributed by atoms with E-state index < -0.39 is 11.8 Å². The molecule has 0 aromatic heterocycles. The van der Waals surface area contributed by atoms with Crippen molar-refractivity contribution in [3.05, 3.63) is 29.8 Å². The molecule has 2 aliphatic heterocycles. The molecule has 6 nitrogen and oxygen atoms in total. The molecule has 1 fully saturated rings. The van der Waals surface area contributed by atoms with E-state index in [0.717, 1.165) is 24.1 Å². The first-order valence-electron chi connectivity index (χ1n) is 7.51. The Morgan fingerprint density at radius 3 is 2.45 bits per heavy atom. The summed E-state index contributed by atoms with van der Waals surface area (Å²) in [6, 6.07) is 7.69. The molecule has 0 spiro atoms. The lowest BCUT2D eigenvalue weighted by Gasteiger charge is -2.33. The minimum Gasteiger partial charge on any atom is -0.342 e. The summed E-state index contributed by atoms with van der Waals surface area (Å²) in [7, 11) is 0. The quantitative estimate of drug-likeness (QED) is 0.552. The summed E-state index contributed by atoms with van der Waals surface area (Å²) in [4.78, 5) is 40.5. The highest BCUT2D eigenvalue weighted by molar-refractivity contribution is 6.40. The molecule has 6 heteroatoms. The zero-order valence-corrected chi connectivity index (χ0v) is 12.6. The predicted molar refractivity (Wildman–Crippen MR) is 81.3 cm³/mol. The summed E-state index contributed by atoms with van der Waals surface area (Å²) in [6.07, 6.45) is 1.55. The lowest BCUT2D eigenvalue weighted by molar-refractivity contribution is -0.146. The Bertz CT molecular complexity index is 608. The fourth-order valence-electron chi connectivity index (χ4n) is 3.14. The van der Waals surface area contributed by atoms with Gasteiger partial charge >= 0.3 is 11.8 Å². The molecule has 0 radical (unpaired) electrons. The number of rotatable bonds is 1. The van der Waals surface area contributed by atoms with Crippen LogP contribution in [0.5, 0.6) is 0 Å². The van der Waals surface area contributed by atoms with Crippen LogP contribution < -0.4 is 4.90 Å². The smallest absolute Gasteiger partial charge is 0.316 e. The number of piperazine rings is 1. The van der Waals surface area contributed by atoms with Gasteiger partial charge in [0.15, 0.2) is 0 Å². The Kier molecular flexibility index (Phi) is 3.83. The van der Waals surface area contributed by atoms with Crippen LogP contribution in [0.3, 0.4) is 0 Å². The maximum Gasteiger partial charge on any atom is 0.316 e. The number of carbonyl (C=O) groups is 3. The van der Waals surface area contributed by atoms with Crippen molar-refractivity contribution in [2.75, 3.05) is 31.1 Å². The van der Waals surface area contributed by atoms with Gasteiger partial charge in [0.25, 0.3) is 0 Å². The Morgan fingerprint density at radius 2 is 1.77 bits per heavy atom. The minimum absolute atomic E-state index is 0.00915. The van der Waals surface area contributed by atoms with E-state index >= 15 is 0 Å². The van der Waals surface area contributed by atoms with Crippen molar-refractivity contribution < 1.29 is 14.4 Å². The fourth-order valence-corrected chi connectivity index (χ4v) is 3.14. The van der Waals surface area contributed by atoms with Crippen LogP contribution in [0.15, 0.2) is 24.3 Å². The third-order valence-electron chi connectivity index (χ3n) is 4.36. The normalized spacial score (nSPS) is 20.8. The first kappa shape index (κ1) is 14.6. The summed E-state index contributed by atoms with van der Waals surface area (Å²) in [5.41, 5.74) is 1.93. The van der Waals surface area contributed by atoms with E-state index in [1.807, 2.05) is 31.2 Å². The van der Waals surface area contributed by atoms with Crippen molar-refractivity contribution in [3.8, 4) is 0 Å². The standard InChI is InChI=1S/C16H19N3O3/c1-12-10-13-4-2-3-5-14(13)19(12)16(22)15(21)18-8-6-17(11-20)7-9-18/h2-5,11-12H,6-10H2,1H3. The molecule has 2 aliphatic rings. The maximum atomic E-state index is 12.6. The second-order valence-electron chi connectivity index (χ2n) is 5.79. The Balaban J connectivity index is 1.74. The number of benzene rings is 1. The van der Waals surface area contributed by atoms with Gasteiger partial charge in [0.1, 0.15) is 0 Å². The van der Waals surface area contributed by atoms with Crippen molar-refractivity contribution >= 4 is 23.9 Å². The fraction of sp³-hybridized carbons (Fsp3) is 0.438. The van der Waals surface area contributed by atoms with Gasteiger partial charge in [-0.05, 0) is 25.0 Å². The van der Waals surface area contributed by atoms with E-state index in [-0.39, 0.29) is 6.04 Å². The molecule has 3 rings (SSSR count). The molecule has 0 saturated carbocycles. The van der Waals surface area contributed by atoms with Gasteiger partial charge in [-0.25, -0.2) is 0 Å². The third kappa shape index (κ3) is 2.45. The highest BCUT2D eigenvalue weighted by atomic mass is 16.2. The van der Waals surface area contributed by atoms with Crippen LogP contribution in [0.4, 0.5) is 5.69 Å². The molecule has 1 aromatic carbocycles. The van der Waals surface area contributed by atoms with Crippen LogP contribution in [-0.4, -0.2) is 60.2 Å². The van der Waals surface area contributed by atoms with Gasteiger partial charge < -0.3 is 14.7 Å². The molecule has 0 aliphatic carbocycles. The van der Waals surface area contributed by atoms with Gasteiger partial charge in [-0.15, -0.1) is 0 Å². The van der Waals surface area contributed by atoms with Crippen molar-refractivity contribution in [3.63, 3.8) is 0 Å². The predicted octanol–water partition coefficient (Wildman–Crippen LogP) is 0.265. The van der Waals surface area contributed by atoms with E-state index in [2.05, 4.69) is 0 Å². The van der Waals surface area contributed by atoms with Crippen LogP contribution in [0.25, 0.3) is 0 Å². The molecular formula is C16H19N3O3. The molecule has 1 aromatic rings. The molecule has 0 N–H and O–H groups in total. The van der Waals surface area contributed by atoms with E-state index in [0.29, 0.717) is 26.2 Å². The number of hydrogen-bond acceptors (Lipinski definition) is 3. The van der Waals surface area contributed by atoms with Gasteiger partial charge in [-0.1, -0.05) is 18.2 Å². The molecule has 2 heterocycles. The van der Waals surface area contributed by atoms with Crippen molar-refractivity contribution in [2.24, 2.45) is 0 Å². The maximum absolute atomic E-state index is 12.6. The van der Waals surface area contributed by atoms with Gasteiger partial charge in [0.05, 0.1) is 0 Å². The Hall–Kier alpha value is -2.37. The summed E-state index contributed by atoms with van der Waals surface area (Å²) < 4.78 is 0. The Morgan fingerprint density at radius 1 is 1.09 bits per heavy atom. The molecule has 3 amide bonds. The number of nitrogens with zero attached hydrogens (tertiary/aromatic N) is 3. The summed E-state index contributed by atoms with van der Waals surface area (Å²) >= 11 is 0. The van der Waals surface area contributed by atoms with E-state index in [1.54, 1.807) is 9.80 Å². The number of fused-ring (bicyclic) bond motifs is 1. The highest BCUT2D eigenvalue weighted by Gasteiger charge is 2.36. The number of carbonyl (C=O) groups excluding carboxylic acids is 3. The zero-order chi connectivity index (χ0) is 15.7. The van der Waals surface area contributed by atoms with Crippen LogP contribution in [0.2, 0.25) is 0 Å². The van der Waals surface area contributed by atoms with Crippen LogP contribution in [0, 0.1) is 0 Å². The molecule has 1 saturated heterocycles. The van der Waals surface area contributed by atoms with Gasteiger partial charge in [0.2, 0.25) is 6.41 Å². The van der Waals surface area contributed by atoms with Gasteiger partial charge in [0, 0.05) is 37.9 Å². The number of amides is 3. The second kappa shape index (κ2) is 5.79.